The molecule has 0 bridgehead atoms. The Morgan fingerprint density at radius 2 is 1.81 bits per heavy atom. The van der Waals surface area contributed by atoms with Crippen molar-refractivity contribution in [3.05, 3.63) is 88.1 Å². The average molecular weight is 433 g/mol. The number of rotatable bonds is 6. The Hall–Kier alpha value is -4.67. The van der Waals surface area contributed by atoms with Crippen LogP contribution in [0.25, 0.3) is 10.9 Å². The molecule has 32 heavy (non-hydrogen) atoms. The van der Waals surface area contributed by atoms with Crippen molar-refractivity contribution in [2.45, 2.75) is 6.92 Å². The van der Waals surface area contributed by atoms with Crippen LogP contribution in [0.3, 0.4) is 0 Å². The molecule has 2 aromatic heterocycles. The summed E-state index contributed by atoms with van der Waals surface area (Å²) in [5.41, 5.74) is 5.96. The van der Waals surface area contributed by atoms with E-state index in [9.17, 15) is 19.3 Å². The number of hydrazine groups is 1. The number of pyridine rings is 1. The maximum atomic E-state index is 13.8. The van der Waals surface area contributed by atoms with Gasteiger partial charge in [0, 0.05) is 16.8 Å². The SMILES string of the molecule is Cc1ccc2c(Nc3ncnc(NNC(=O)c4ccccc4F)c3[N+](=O)[O-])cccc2n1. The number of hydrogen-bond donors (Lipinski definition) is 3. The van der Waals surface area contributed by atoms with E-state index in [1.807, 2.05) is 25.1 Å². The van der Waals surface area contributed by atoms with E-state index < -0.39 is 22.3 Å². The molecule has 0 aliphatic rings. The zero-order valence-electron chi connectivity index (χ0n) is 16.7. The number of nitrogens with one attached hydrogen (secondary N) is 3. The highest BCUT2D eigenvalue weighted by Gasteiger charge is 2.24. The second kappa shape index (κ2) is 8.60. The van der Waals surface area contributed by atoms with Crippen molar-refractivity contribution in [1.29, 1.82) is 0 Å². The number of aromatic nitrogens is 3. The molecule has 11 heteroatoms. The van der Waals surface area contributed by atoms with E-state index in [1.165, 1.54) is 18.2 Å². The molecule has 0 spiro atoms. The van der Waals surface area contributed by atoms with Gasteiger partial charge in [-0.05, 0) is 43.3 Å². The minimum Gasteiger partial charge on any atom is -0.334 e. The van der Waals surface area contributed by atoms with E-state index in [1.54, 1.807) is 12.1 Å². The first-order chi connectivity index (χ1) is 15.4. The predicted octanol–water partition coefficient (Wildman–Crippen LogP) is 3.88. The molecule has 0 unspecified atom stereocenters. The van der Waals surface area contributed by atoms with Gasteiger partial charge in [-0.15, -0.1) is 0 Å². The third-order valence-electron chi connectivity index (χ3n) is 4.54. The second-order valence-electron chi connectivity index (χ2n) is 6.69. The third kappa shape index (κ3) is 4.12. The third-order valence-corrected chi connectivity index (χ3v) is 4.54. The maximum Gasteiger partial charge on any atom is 0.355 e. The van der Waals surface area contributed by atoms with Gasteiger partial charge in [0.1, 0.15) is 12.1 Å². The Morgan fingerprint density at radius 3 is 2.59 bits per heavy atom. The summed E-state index contributed by atoms with van der Waals surface area (Å²) in [6.45, 7) is 1.86. The van der Waals surface area contributed by atoms with Crippen molar-refractivity contribution in [1.82, 2.24) is 20.4 Å². The van der Waals surface area contributed by atoms with Gasteiger partial charge in [-0.1, -0.05) is 18.2 Å². The number of nitro groups is 1. The number of anilines is 3. The van der Waals surface area contributed by atoms with Crippen molar-refractivity contribution in [3.63, 3.8) is 0 Å². The average Bonchev–Trinajstić information content (AvgIpc) is 2.77. The summed E-state index contributed by atoms with van der Waals surface area (Å²) < 4.78 is 13.8. The van der Waals surface area contributed by atoms with Crippen LogP contribution >= 0.6 is 0 Å². The Kier molecular flexibility index (Phi) is 5.53. The molecule has 0 aliphatic carbocycles. The number of hydrogen-bond acceptors (Lipinski definition) is 8. The van der Waals surface area contributed by atoms with Crippen LogP contribution in [-0.2, 0) is 0 Å². The normalized spacial score (nSPS) is 10.6. The number of halogens is 1. The van der Waals surface area contributed by atoms with Crippen molar-refractivity contribution in [2.75, 3.05) is 10.7 Å². The fourth-order valence-corrected chi connectivity index (χ4v) is 3.06. The van der Waals surface area contributed by atoms with Crippen LogP contribution in [0.4, 0.5) is 27.4 Å². The lowest BCUT2D eigenvalue weighted by atomic mass is 10.1. The molecule has 0 aliphatic heterocycles. The molecule has 3 N–H and O–H groups in total. The molecular formula is C21H16FN7O3. The molecule has 2 aromatic carbocycles. The van der Waals surface area contributed by atoms with Gasteiger partial charge in [0.15, 0.2) is 0 Å². The van der Waals surface area contributed by atoms with E-state index in [-0.39, 0.29) is 17.2 Å². The summed E-state index contributed by atoms with van der Waals surface area (Å²) in [5, 5.41) is 15.5. The summed E-state index contributed by atoms with van der Waals surface area (Å²) in [5.74, 6) is -1.92. The topological polar surface area (TPSA) is 135 Å². The van der Waals surface area contributed by atoms with Crippen LogP contribution in [0, 0.1) is 22.9 Å². The molecule has 0 saturated carbocycles. The Balaban J connectivity index is 1.64. The Morgan fingerprint density at radius 1 is 1.03 bits per heavy atom. The highest BCUT2D eigenvalue weighted by molar-refractivity contribution is 5.96. The van der Waals surface area contributed by atoms with E-state index >= 15 is 0 Å². The fraction of sp³-hybridized carbons (Fsp3) is 0.0476. The molecule has 0 fully saturated rings. The van der Waals surface area contributed by atoms with Gasteiger partial charge in [0.25, 0.3) is 5.91 Å². The Labute approximate surface area is 180 Å². The molecule has 160 valence electrons. The Bertz CT molecular complexity index is 1350. The molecule has 4 rings (SSSR count). The number of carbonyl (C=O) groups excluding carboxylic acids is 1. The quantitative estimate of drug-likeness (QED) is 0.308. The zero-order chi connectivity index (χ0) is 22.7. The lowest BCUT2D eigenvalue weighted by molar-refractivity contribution is -0.383. The smallest absolute Gasteiger partial charge is 0.334 e. The summed E-state index contributed by atoms with van der Waals surface area (Å²) in [6, 6.07) is 14.3. The number of amides is 1. The summed E-state index contributed by atoms with van der Waals surface area (Å²) in [4.78, 5) is 35.6. The molecule has 1 amide bonds. The van der Waals surface area contributed by atoms with E-state index in [0.717, 1.165) is 23.5 Å². The first-order valence-corrected chi connectivity index (χ1v) is 9.37. The highest BCUT2D eigenvalue weighted by atomic mass is 19.1. The van der Waals surface area contributed by atoms with Gasteiger partial charge < -0.3 is 5.32 Å². The van der Waals surface area contributed by atoms with Crippen LogP contribution in [0.5, 0.6) is 0 Å². The molecule has 2 heterocycles. The monoisotopic (exact) mass is 433 g/mol. The van der Waals surface area contributed by atoms with E-state index in [2.05, 4.69) is 31.1 Å². The first kappa shape index (κ1) is 20.6. The van der Waals surface area contributed by atoms with Crippen LogP contribution in [0.1, 0.15) is 16.1 Å². The molecular weight excluding hydrogens is 417 g/mol. The van der Waals surface area contributed by atoms with Crippen LogP contribution in [-0.4, -0.2) is 25.8 Å². The fourth-order valence-electron chi connectivity index (χ4n) is 3.06. The maximum absolute atomic E-state index is 13.8. The lowest BCUT2D eigenvalue weighted by Gasteiger charge is -2.12. The van der Waals surface area contributed by atoms with Gasteiger partial charge in [0.05, 0.1) is 16.0 Å². The molecule has 0 saturated heterocycles. The van der Waals surface area contributed by atoms with E-state index in [4.69, 9.17) is 0 Å². The second-order valence-corrected chi connectivity index (χ2v) is 6.69. The summed E-state index contributed by atoms with van der Waals surface area (Å²) >= 11 is 0. The summed E-state index contributed by atoms with van der Waals surface area (Å²) in [6.07, 6.45) is 1.10. The van der Waals surface area contributed by atoms with Crippen molar-refractivity contribution in [2.24, 2.45) is 0 Å². The van der Waals surface area contributed by atoms with Crippen LogP contribution in [0.2, 0.25) is 0 Å². The predicted molar refractivity (Wildman–Crippen MR) is 116 cm³/mol. The highest BCUT2D eigenvalue weighted by Crippen LogP contribution is 2.33. The lowest BCUT2D eigenvalue weighted by Crippen LogP contribution is -2.31. The van der Waals surface area contributed by atoms with Gasteiger partial charge in [0.2, 0.25) is 11.6 Å². The van der Waals surface area contributed by atoms with Crippen molar-refractivity contribution < 1.29 is 14.1 Å². The molecule has 10 nitrogen and oxygen atoms in total. The number of fused-ring (bicyclic) bond motifs is 1. The van der Waals surface area contributed by atoms with Crippen molar-refractivity contribution in [3.8, 4) is 0 Å². The van der Waals surface area contributed by atoms with Gasteiger partial charge in [-0.2, -0.15) is 0 Å². The molecule has 0 atom stereocenters. The standard InChI is InChI=1S/C21H16FN7O3/c1-12-9-10-14-16(25-12)7-4-8-17(14)26-19-18(29(31)32)20(24-11-23-19)27-28-21(30)13-5-2-3-6-15(13)22/h2-11H,1H3,(H,28,30)(H2,23,24,26,27). The van der Waals surface area contributed by atoms with Crippen molar-refractivity contribution >= 4 is 39.8 Å². The number of benzene rings is 2. The molecule has 4 aromatic rings. The van der Waals surface area contributed by atoms with Crippen LogP contribution in [0.15, 0.2) is 60.9 Å². The number of nitrogens with zero attached hydrogens (tertiary/aromatic N) is 4. The van der Waals surface area contributed by atoms with Crippen LogP contribution < -0.4 is 16.2 Å². The van der Waals surface area contributed by atoms with E-state index in [0.29, 0.717) is 11.2 Å². The minimum atomic E-state index is -0.819. The number of carbonyl (C=O) groups is 1. The number of aryl methyl sites for hydroxylation is 1. The largest absolute Gasteiger partial charge is 0.355 e. The molecule has 0 radical (unpaired) electrons. The summed E-state index contributed by atoms with van der Waals surface area (Å²) in [7, 11) is 0. The zero-order valence-corrected chi connectivity index (χ0v) is 16.7. The first-order valence-electron chi connectivity index (χ1n) is 9.37. The minimum absolute atomic E-state index is 0.0966. The van der Waals surface area contributed by atoms with Gasteiger partial charge >= 0.3 is 5.69 Å². The van der Waals surface area contributed by atoms with Gasteiger partial charge in [-0.3, -0.25) is 30.7 Å². The van der Waals surface area contributed by atoms with Gasteiger partial charge in [-0.25, -0.2) is 14.4 Å².